The SMILES string of the molecule is CCCN(C)CCC(=O)CSc1c(-c2cc(Cl)ccc2O)c2cc(C(F)(F)F)ccc2[nH]c1=O. The summed E-state index contributed by atoms with van der Waals surface area (Å²) < 4.78 is 40.3. The van der Waals surface area contributed by atoms with Crippen molar-refractivity contribution in [3.05, 3.63) is 57.3 Å². The van der Waals surface area contributed by atoms with Crippen molar-refractivity contribution in [1.29, 1.82) is 0 Å². The molecule has 0 saturated carbocycles. The van der Waals surface area contributed by atoms with Crippen LogP contribution in [0.15, 0.2) is 46.1 Å². The molecule has 0 fully saturated rings. The molecular weight excluding hydrogens is 489 g/mol. The topological polar surface area (TPSA) is 73.4 Å². The Hall–Kier alpha value is -2.49. The highest BCUT2D eigenvalue weighted by Gasteiger charge is 2.31. The zero-order valence-corrected chi connectivity index (χ0v) is 20.2. The zero-order chi connectivity index (χ0) is 25.0. The van der Waals surface area contributed by atoms with Crippen LogP contribution in [0.1, 0.15) is 25.3 Å². The molecule has 5 nitrogen and oxygen atoms in total. The number of phenols is 1. The van der Waals surface area contributed by atoms with E-state index >= 15 is 0 Å². The van der Waals surface area contributed by atoms with Crippen molar-refractivity contribution < 1.29 is 23.1 Å². The third kappa shape index (κ3) is 6.14. The number of phenolic OH excluding ortho intramolecular Hbond substituents is 1. The van der Waals surface area contributed by atoms with Gasteiger partial charge in [-0.3, -0.25) is 9.59 Å². The number of aromatic amines is 1. The first kappa shape index (κ1) is 26.1. The molecule has 0 unspecified atom stereocenters. The average molecular weight is 513 g/mol. The van der Waals surface area contributed by atoms with E-state index in [0.29, 0.717) is 6.54 Å². The van der Waals surface area contributed by atoms with Crippen LogP contribution in [0.3, 0.4) is 0 Å². The maximum absolute atomic E-state index is 13.4. The van der Waals surface area contributed by atoms with Gasteiger partial charge in [-0.05, 0) is 56.4 Å². The van der Waals surface area contributed by atoms with E-state index in [1.165, 1.54) is 24.3 Å². The minimum Gasteiger partial charge on any atom is -0.507 e. The van der Waals surface area contributed by atoms with Gasteiger partial charge >= 0.3 is 6.18 Å². The number of aromatic hydroxyl groups is 1. The monoisotopic (exact) mass is 512 g/mol. The molecule has 3 rings (SSSR count). The minimum atomic E-state index is -4.61. The number of nitrogens with zero attached hydrogens (tertiary/aromatic N) is 1. The Kier molecular flexibility index (Phi) is 8.33. The number of alkyl halides is 3. The van der Waals surface area contributed by atoms with Crippen LogP contribution < -0.4 is 5.56 Å². The van der Waals surface area contributed by atoms with Crippen LogP contribution in [0.25, 0.3) is 22.0 Å². The number of aromatic nitrogens is 1. The van der Waals surface area contributed by atoms with E-state index in [-0.39, 0.29) is 55.7 Å². The Morgan fingerprint density at radius 2 is 1.91 bits per heavy atom. The Bertz CT molecular complexity index is 1260. The van der Waals surface area contributed by atoms with Crippen molar-refractivity contribution in [2.24, 2.45) is 0 Å². The van der Waals surface area contributed by atoms with Gasteiger partial charge in [-0.2, -0.15) is 13.2 Å². The number of halogens is 4. The highest BCUT2D eigenvalue weighted by Crippen LogP contribution is 2.42. The number of hydrogen-bond donors (Lipinski definition) is 2. The first-order chi connectivity index (χ1) is 16.0. The third-order valence-electron chi connectivity index (χ3n) is 5.28. The lowest BCUT2D eigenvalue weighted by Gasteiger charge is -2.16. The third-order valence-corrected chi connectivity index (χ3v) is 6.66. The number of H-pyrrole nitrogens is 1. The number of nitrogens with one attached hydrogen (secondary N) is 1. The minimum absolute atomic E-state index is 0.0398. The van der Waals surface area contributed by atoms with Gasteiger partial charge in [0.2, 0.25) is 0 Å². The average Bonchev–Trinajstić information content (AvgIpc) is 2.77. The first-order valence-electron chi connectivity index (χ1n) is 10.6. The highest BCUT2D eigenvalue weighted by atomic mass is 35.5. The van der Waals surface area contributed by atoms with Gasteiger partial charge in [0.05, 0.1) is 16.2 Å². The molecule has 0 saturated heterocycles. The summed E-state index contributed by atoms with van der Waals surface area (Å²) in [5, 5.41) is 10.8. The van der Waals surface area contributed by atoms with E-state index in [9.17, 15) is 27.9 Å². The summed E-state index contributed by atoms with van der Waals surface area (Å²) in [6, 6.07) is 7.10. The van der Waals surface area contributed by atoms with E-state index in [1.54, 1.807) is 0 Å². The van der Waals surface area contributed by atoms with Gasteiger partial charge in [-0.25, -0.2) is 0 Å². The molecular formula is C24H24ClF3N2O3S. The number of carbonyl (C=O) groups is 1. The van der Waals surface area contributed by atoms with Crippen LogP contribution in [0.2, 0.25) is 5.02 Å². The number of carbonyl (C=O) groups excluding carboxylic acids is 1. The molecule has 3 aromatic rings. The molecule has 0 amide bonds. The molecule has 0 radical (unpaired) electrons. The summed E-state index contributed by atoms with van der Waals surface area (Å²) in [6.45, 7) is 3.46. The van der Waals surface area contributed by atoms with Crippen LogP contribution in [-0.4, -0.2) is 46.7 Å². The molecule has 0 aliphatic carbocycles. The van der Waals surface area contributed by atoms with Gasteiger partial charge in [-0.1, -0.05) is 18.5 Å². The maximum Gasteiger partial charge on any atom is 0.416 e. The Balaban J connectivity index is 2.09. The number of hydrogen-bond acceptors (Lipinski definition) is 5. The second kappa shape index (κ2) is 10.8. The van der Waals surface area contributed by atoms with Gasteiger partial charge in [0.15, 0.2) is 0 Å². The van der Waals surface area contributed by atoms with Crippen molar-refractivity contribution in [3.63, 3.8) is 0 Å². The molecule has 0 bridgehead atoms. The molecule has 1 aromatic heterocycles. The van der Waals surface area contributed by atoms with E-state index in [4.69, 9.17) is 11.6 Å². The van der Waals surface area contributed by atoms with Crippen molar-refractivity contribution in [2.45, 2.75) is 30.8 Å². The summed E-state index contributed by atoms with van der Waals surface area (Å²) in [4.78, 5) is 30.1. The Labute approximate surface area is 203 Å². The van der Waals surface area contributed by atoms with Gasteiger partial charge in [-0.15, -0.1) is 11.8 Å². The van der Waals surface area contributed by atoms with Crippen molar-refractivity contribution in [3.8, 4) is 16.9 Å². The number of pyridine rings is 1. The molecule has 2 aromatic carbocycles. The number of thioether (sulfide) groups is 1. The fourth-order valence-electron chi connectivity index (χ4n) is 3.60. The number of Topliss-reactive ketones (excluding diaryl/α,β-unsaturated/α-hetero) is 1. The predicted molar refractivity (Wildman–Crippen MR) is 130 cm³/mol. The lowest BCUT2D eigenvalue weighted by molar-refractivity contribution is -0.137. The fourth-order valence-corrected chi connectivity index (χ4v) is 4.77. The van der Waals surface area contributed by atoms with Crippen molar-refractivity contribution in [2.75, 3.05) is 25.9 Å². The summed E-state index contributed by atoms with van der Waals surface area (Å²) in [6.07, 6.45) is -3.37. The van der Waals surface area contributed by atoms with Gasteiger partial charge in [0, 0.05) is 40.0 Å². The Morgan fingerprint density at radius 3 is 2.59 bits per heavy atom. The normalized spacial score (nSPS) is 12.0. The maximum atomic E-state index is 13.4. The highest BCUT2D eigenvalue weighted by molar-refractivity contribution is 8.00. The quantitative estimate of drug-likeness (QED) is 0.346. The number of rotatable bonds is 9. The molecule has 1 heterocycles. The molecule has 2 N–H and O–H groups in total. The standard InChI is InChI=1S/C24H24ClF3N2O3S/c1-3-9-30(2)10-8-16(31)13-34-22-21(18-12-15(25)5-7-20(18)32)17-11-14(24(26,27)28)4-6-19(17)29-23(22)33/h4-7,11-12,32H,3,8-10,13H2,1-2H3,(H,29,33). The lowest BCUT2D eigenvalue weighted by atomic mass is 9.98. The van der Waals surface area contributed by atoms with E-state index < -0.39 is 17.3 Å². The number of fused-ring (bicyclic) bond motifs is 1. The molecule has 182 valence electrons. The lowest BCUT2D eigenvalue weighted by Crippen LogP contribution is -2.23. The summed E-state index contributed by atoms with van der Waals surface area (Å²) in [5.41, 5.74) is -1.08. The van der Waals surface area contributed by atoms with Gasteiger partial charge < -0.3 is 15.0 Å². The summed E-state index contributed by atoms with van der Waals surface area (Å²) in [5.74, 6) is -0.386. The van der Waals surface area contributed by atoms with Crippen LogP contribution in [0, 0.1) is 0 Å². The fraction of sp³-hybridized carbons (Fsp3) is 0.333. The van der Waals surface area contributed by atoms with E-state index in [0.717, 1.165) is 36.9 Å². The summed E-state index contributed by atoms with van der Waals surface area (Å²) in [7, 11) is 1.91. The molecule has 10 heteroatoms. The smallest absolute Gasteiger partial charge is 0.416 e. The number of benzene rings is 2. The van der Waals surface area contributed by atoms with Crippen LogP contribution in [0.5, 0.6) is 5.75 Å². The molecule has 0 aliphatic rings. The van der Waals surface area contributed by atoms with E-state index in [2.05, 4.69) is 4.98 Å². The van der Waals surface area contributed by atoms with Crippen LogP contribution >= 0.6 is 23.4 Å². The molecule has 0 atom stereocenters. The molecule has 0 aliphatic heterocycles. The zero-order valence-electron chi connectivity index (χ0n) is 18.6. The largest absolute Gasteiger partial charge is 0.507 e. The van der Waals surface area contributed by atoms with Crippen molar-refractivity contribution >= 4 is 40.0 Å². The summed E-state index contributed by atoms with van der Waals surface area (Å²) >= 11 is 7.03. The predicted octanol–water partition coefficient (Wildman–Crippen LogP) is 5.97. The van der Waals surface area contributed by atoms with Crippen molar-refractivity contribution in [1.82, 2.24) is 9.88 Å². The second-order valence-corrected chi connectivity index (χ2v) is 9.38. The van der Waals surface area contributed by atoms with E-state index in [1.807, 2.05) is 18.9 Å². The second-order valence-electron chi connectivity index (χ2n) is 7.96. The molecule has 34 heavy (non-hydrogen) atoms. The van der Waals surface area contributed by atoms with Crippen LogP contribution in [-0.2, 0) is 11.0 Å². The van der Waals surface area contributed by atoms with Crippen LogP contribution in [0.4, 0.5) is 13.2 Å². The Morgan fingerprint density at radius 1 is 1.18 bits per heavy atom. The van der Waals surface area contributed by atoms with Gasteiger partial charge in [0.25, 0.3) is 5.56 Å². The van der Waals surface area contributed by atoms with Gasteiger partial charge in [0.1, 0.15) is 11.5 Å². The molecule has 0 spiro atoms. The first-order valence-corrected chi connectivity index (χ1v) is 12.0. The number of ketones is 1.